The Hall–Kier alpha value is -2.04. The van der Waals surface area contributed by atoms with Gasteiger partial charge in [-0.3, -0.25) is 9.48 Å². The number of hydrogen-bond donors (Lipinski definition) is 0. The molecule has 0 bridgehead atoms. The predicted molar refractivity (Wildman–Crippen MR) is 76.5 cm³/mol. The first-order chi connectivity index (χ1) is 9.51. The molecule has 1 amide bonds. The molecule has 0 aliphatic carbocycles. The van der Waals surface area contributed by atoms with Gasteiger partial charge in [0.1, 0.15) is 11.5 Å². The number of aromatic nitrogens is 2. The van der Waals surface area contributed by atoms with Crippen LogP contribution < -0.4 is 0 Å². The Morgan fingerprint density at radius 2 is 2.15 bits per heavy atom. The van der Waals surface area contributed by atoms with Crippen LogP contribution in [0, 0.1) is 13.8 Å². The summed E-state index contributed by atoms with van der Waals surface area (Å²) in [6.07, 6.45) is 2.82. The molecule has 0 fully saturated rings. The summed E-state index contributed by atoms with van der Waals surface area (Å²) in [5.74, 6) is 1.61. The SMILES string of the molecule is CCCn1cc(C(=O)N(C)Cc2ccc(C)o2)c(C)n1. The fourth-order valence-electron chi connectivity index (χ4n) is 2.15. The highest BCUT2D eigenvalue weighted by Crippen LogP contribution is 2.13. The van der Waals surface area contributed by atoms with Gasteiger partial charge in [-0.1, -0.05) is 6.92 Å². The molecule has 0 atom stereocenters. The normalized spacial score (nSPS) is 10.8. The van der Waals surface area contributed by atoms with E-state index in [1.807, 2.05) is 36.9 Å². The van der Waals surface area contributed by atoms with E-state index in [0.717, 1.165) is 30.2 Å². The van der Waals surface area contributed by atoms with Crippen LogP contribution in [-0.4, -0.2) is 27.6 Å². The molecule has 5 heteroatoms. The van der Waals surface area contributed by atoms with Gasteiger partial charge in [0.2, 0.25) is 0 Å². The van der Waals surface area contributed by atoms with Gasteiger partial charge < -0.3 is 9.32 Å². The summed E-state index contributed by atoms with van der Waals surface area (Å²) in [7, 11) is 1.77. The van der Waals surface area contributed by atoms with Crippen LogP contribution in [0.25, 0.3) is 0 Å². The molecule has 0 N–H and O–H groups in total. The molecule has 2 rings (SSSR count). The van der Waals surface area contributed by atoms with Gasteiger partial charge in [0.05, 0.1) is 17.8 Å². The average molecular weight is 275 g/mol. The lowest BCUT2D eigenvalue weighted by molar-refractivity contribution is 0.0774. The second kappa shape index (κ2) is 5.94. The predicted octanol–water partition coefficient (Wildman–Crippen LogP) is 2.78. The van der Waals surface area contributed by atoms with Gasteiger partial charge in [-0.25, -0.2) is 0 Å². The van der Waals surface area contributed by atoms with Crippen LogP contribution >= 0.6 is 0 Å². The lowest BCUT2D eigenvalue weighted by Gasteiger charge is -2.15. The minimum absolute atomic E-state index is 0.0288. The standard InChI is InChI=1S/C15H21N3O2/c1-5-8-18-10-14(12(3)16-18)15(19)17(4)9-13-7-6-11(2)20-13/h6-7,10H,5,8-9H2,1-4H3. The molecule has 0 saturated carbocycles. The van der Waals surface area contributed by atoms with Crippen molar-refractivity contribution in [2.75, 3.05) is 7.05 Å². The molecule has 2 aromatic rings. The Morgan fingerprint density at radius 3 is 2.75 bits per heavy atom. The van der Waals surface area contributed by atoms with Crippen LogP contribution in [0.15, 0.2) is 22.7 Å². The first-order valence-electron chi connectivity index (χ1n) is 6.86. The molecule has 5 nitrogen and oxygen atoms in total. The van der Waals surface area contributed by atoms with Crippen molar-refractivity contribution in [3.8, 4) is 0 Å². The van der Waals surface area contributed by atoms with Crippen LogP contribution in [-0.2, 0) is 13.1 Å². The van der Waals surface area contributed by atoms with E-state index in [4.69, 9.17) is 4.42 Å². The third-order valence-electron chi connectivity index (χ3n) is 3.17. The van der Waals surface area contributed by atoms with E-state index in [-0.39, 0.29) is 5.91 Å². The van der Waals surface area contributed by atoms with Crippen LogP contribution in [0.5, 0.6) is 0 Å². The second-order valence-electron chi connectivity index (χ2n) is 5.06. The molecule has 0 aromatic carbocycles. The first kappa shape index (κ1) is 14.4. The Balaban J connectivity index is 2.09. The molecule has 0 unspecified atom stereocenters. The van der Waals surface area contributed by atoms with Gasteiger partial charge in [-0.05, 0) is 32.4 Å². The van der Waals surface area contributed by atoms with Crippen molar-refractivity contribution in [2.45, 2.75) is 40.3 Å². The number of hydrogen-bond acceptors (Lipinski definition) is 3. The molecule has 0 aliphatic heterocycles. The zero-order valence-corrected chi connectivity index (χ0v) is 12.5. The number of carbonyl (C=O) groups is 1. The lowest BCUT2D eigenvalue weighted by Crippen LogP contribution is -2.26. The summed E-state index contributed by atoms with van der Waals surface area (Å²) in [6.45, 7) is 7.14. The van der Waals surface area contributed by atoms with E-state index in [1.165, 1.54) is 0 Å². The van der Waals surface area contributed by atoms with Crippen molar-refractivity contribution in [1.29, 1.82) is 0 Å². The van der Waals surface area contributed by atoms with Gasteiger partial charge >= 0.3 is 0 Å². The molecule has 2 heterocycles. The molecule has 20 heavy (non-hydrogen) atoms. The summed E-state index contributed by atoms with van der Waals surface area (Å²) in [4.78, 5) is 14.1. The highest BCUT2D eigenvalue weighted by atomic mass is 16.3. The maximum Gasteiger partial charge on any atom is 0.257 e. The maximum absolute atomic E-state index is 12.4. The Labute approximate surface area is 119 Å². The maximum atomic E-state index is 12.4. The van der Waals surface area contributed by atoms with Crippen molar-refractivity contribution in [2.24, 2.45) is 0 Å². The Kier molecular flexibility index (Phi) is 4.27. The van der Waals surface area contributed by atoms with Crippen LogP contribution in [0.3, 0.4) is 0 Å². The summed E-state index contributed by atoms with van der Waals surface area (Å²) in [6, 6.07) is 3.80. The van der Waals surface area contributed by atoms with E-state index in [1.54, 1.807) is 11.9 Å². The monoisotopic (exact) mass is 275 g/mol. The van der Waals surface area contributed by atoms with Crippen molar-refractivity contribution in [3.63, 3.8) is 0 Å². The van der Waals surface area contributed by atoms with E-state index in [9.17, 15) is 4.79 Å². The number of furan rings is 1. The van der Waals surface area contributed by atoms with Gasteiger partial charge in [-0.2, -0.15) is 5.10 Å². The van der Waals surface area contributed by atoms with Crippen molar-refractivity contribution in [3.05, 3.63) is 41.1 Å². The van der Waals surface area contributed by atoms with Gasteiger partial charge in [0.25, 0.3) is 5.91 Å². The number of amides is 1. The third kappa shape index (κ3) is 3.10. The topological polar surface area (TPSA) is 51.3 Å². The number of aryl methyl sites for hydroxylation is 3. The molecule has 0 radical (unpaired) electrons. The van der Waals surface area contributed by atoms with E-state index >= 15 is 0 Å². The number of carbonyl (C=O) groups excluding carboxylic acids is 1. The number of rotatable bonds is 5. The minimum atomic E-state index is -0.0288. The van der Waals surface area contributed by atoms with Gasteiger partial charge in [-0.15, -0.1) is 0 Å². The van der Waals surface area contributed by atoms with Crippen LogP contribution in [0.1, 0.15) is 40.9 Å². The van der Waals surface area contributed by atoms with E-state index in [2.05, 4.69) is 12.0 Å². The van der Waals surface area contributed by atoms with E-state index < -0.39 is 0 Å². The Bertz CT molecular complexity index is 598. The van der Waals surface area contributed by atoms with Crippen molar-refractivity contribution >= 4 is 5.91 Å². The molecule has 0 spiro atoms. The fraction of sp³-hybridized carbons (Fsp3) is 0.467. The highest BCUT2D eigenvalue weighted by molar-refractivity contribution is 5.94. The molecular weight excluding hydrogens is 254 g/mol. The van der Waals surface area contributed by atoms with Crippen molar-refractivity contribution < 1.29 is 9.21 Å². The molecule has 0 aliphatic rings. The third-order valence-corrected chi connectivity index (χ3v) is 3.17. The smallest absolute Gasteiger partial charge is 0.257 e. The van der Waals surface area contributed by atoms with Crippen LogP contribution in [0.2, 0.25) is 0 Å². The van der Waals surface area contributed by atoms with Crippen molar-refractivity contribution in [1.82, 2.24) is 14.7 Å². The summed E-state index contributed by atoms with van der Waals surface area (Å²) >= 11 is 0. The minimum Gasteiger partial charge on any atom is -0.464 e. The lowest BCUT2D eigenvalue weighted by atomic mass is 10.2. The summed E-state index contributed by atoms with van der Waals surface area (Å²) < 4.78 is 7.33. The largest absolute Gasteiger partial charge is 0.464 e. The summed E-state index contributed by atoms with van der Waals surface area (Å²) in [5, 5.41) is 4.36. The fourth-order valence-corrected chi connectivity index (χ4v) is 2.15. The van der Waals surface area contributed by atoms with E-state index in [0.29, 0.717) is 12.1 Å². The quantitative estimate of drug-likeness (QED) is 0.843. The van der Waals surface area contributed by atoms with Crippen LogP contribution in [0.4, 0.5) is 0 Å². The highest BCUT2D eigenvalue weighted by Gasteiger charge is 2.18. The first-order valence-corrected chi connectivity index (χ1v) is 6.86. The zero-order chi connectivity index (χ0) is 14.7. The summed E-state index contributed by atoms with van der Waals surface area (Å²) in [5.41, 5.74) is 1.43. The second-order valence-corrected chi connectivity index (χ2v) is 5.06. The molecule has 108 valence electrons. The zero-order valence-electron chi connectivity index (χ0n) is 12.5. The van der Waals surface area contributed by atoms with Gasteiger partial charge in [0, 0.05) is 19.8 Å². The molecule has 0 saturated heterocycles. The average Bonchev–Trinajstić information content (AvgIpc) is 2.95. The Morgan fingerprint density at radius 1 is 1.40 bits per heavy atom. The molecule has 2 aromatic heterocycles. The molecular formula is C15H21N3O2. The van der Waals surface area contributed by atoms with Gasteiger partial charge in [0.15, 0.2) is 0 Å². The number of nitrogens with zero attached hydrogens (tertiary/aromatic N) is 3.